The van der Waals surface area contributed by atoms with Crippen molar-refractivity contribution in [2.24, 2.45) is 0 Å². The Hall–Kier alpha value is -3.52. The molecule has 0 radical (unpaired) electrons. The Morgan fingerprint density at radius 3 is 2.70 bits per heavy atom. The number of rotatable bonds is 9. The third-order valence-electron chi connectivity index (χ3n) is 4.69. The number of anilines is 2. The molecule has 4 rings (SSSR count). The average Bonchev–Trinajstić information content (AvgIpc) is 3.44. The fourth-order valence-corrected chi connectivity index (χ4v) is 4.18. The first-order chi connectivity index (χ1) is 14.5. The predicted octanol–water partition coefficient (Wildman–Crippen LogP) is 2.19. The van der Waals surface area contributed by atoms with Crippen molar-refractivity contribution in [3.8, 4) is 17.3 Å². The lowest BCUT2D eigenvalue weighted by atomic mass is 10.1. The van der Waals surface area contributed by atoms with Crippen LogP contribution in [0.4, 0.5) is 11.6 Å². The van der Waals surface area contributed by atoms with Crippen LogP contribution in [0, 0.1) is 11.3 Å². The third kappa shape index (κ3) is 4.23. The smallest absolute Gasteiger partial charge is 0.234 e. The highest BCUT2D eigenvalue weighted by molar-refractivity contribution is 7.92. The van der Waals surface area contributed by atoms with Gasteiger partial charge < -0.3 is 4.98 Å². The largest absolute Gasteiger partial charge is 0.341 e. The van der Waals surface area contributed by atoms with Crippen LogP contribution in [0.15, 0.2) is 30.6 Å². The molecule has 0 aliphatic heterocycles. The number of nitrogens with one attached hydrogen (secondary N) is 2. The van der Waals surface area contributed by atoms with E-state index in [1.165, 1.54) is 11.2 Å². The van der Waals surface area contributed by atoms with E-state index in [-0.39, 0.29) is 24.6 Å². The predicted molar refractivity (Wildman–Crippen MR) is 111 cm³/mol. The summed E-state index contributed by atoms with van der Waals surface area (Å²) in [4.78, 5) is 29.2. The van der Waals surface area contributed by atoms with E-state index in [9.17, 15) is 13.2 Å². The Balaban J connectivity index is 1.62. The summed E-state index contributed by atoms with van der Waals surface area (Å²) < 4.78 is 26.7. The van der Waals surface area contributed by atoms with Crippen LogP contribution < -0.4 is 9.62 Å². The molecule has 0 atom stereocenters. The van der Waals surface area contributed by atoms with Crippen molar-refractivity contribution in [1.82, 2.24) is 19.9 Å². The van der Waals surface area contributed by atoms with Crippen LogP contribution in [-0.2, 0) is 14.8 Å². The molecule has 0 saturated heterocycles. The van der Waals surface area contributed by atoms with Crippen LogP contribution in [0.2, 0.25) is 0 Å². The van der Waals surface area contributed by atoms with Crippen molar-refractivity contribution < 1.29 is 13.2 Å². The van der Waals surface area contributed by atoms with Crippen molar-refractivity contribution in [2.45, 2.75) is 31.7 Å². The first-order valence-electron chi connectivity index (χ1n) is 9.43. The molecule has 11 heteroatoms. The maximum atomic E-state index is 12.1. The number of nitriles is 1. The number of unbranched alkanes of at least 4 members (excludes halogenated alkanes) is 1. The van der Waals surface area contributed by atoms with Crippen LogP contribution in [0.25, 0.3) is 22.4 Å². The number of imidazole rings is 1. The molecule has 30 heavy (non-hydrogen) atoms. The van der Waals surface area contributed by atoms with Gasteiger partial charge in [0.25, 0.3) is 0 Å². The molecular weight excluding hydrogens is 406 g/mol. The number of benzene rings is 1. The average molecular weight is 425 g/mol. The first kappa shape index (κ1) is 19.8. The number of hydrogen-bond acceptors (Lipinski definition) is 7. The molecule has 1 saturated carbocycles. The number of aromatic amines is 1. The van der Waals surface area contributed by atoms with Crippen molar-refractivity contribution in [2.75, 3.05) is 15.4 Å². The minimum Gasteiger partial charge on any atom is -0.341 e. The molecule has 3 aromatic rings. The summed E-state index contributed by atoms with van der Waals surface area (Å²) in [6, 6.07) is 8.80. The van der Waals surface area contributed by atoms with Gasteiger partial charge in [0.1, 0.15) is 11.2 Å². The SMILES string of the molecule is N#CCCCS(=O)(=O)Nc1ccc(-c2nc(N(C=O)C3CC3)nc3nc[nH]c23)cc1. The van der Waals surface area contributed by atoms with Gasteiger partial charge in [-0.3, -0.25) is 14.4 Å². The molecule has 1 aromatic carbocycles. The van der Waals surface area contributed by atoms with Crippen LogP contribution in [-0.4, -0.2) is 46.6 Å². The molecule has 154 valence electrons. The summed E-state index contributed by atoms with van der Waals surface area (Å²) in [6.45, 7) is 0. The fraction of sp³-hybridized carbons (Fsp3) is 0.316. The normalized spacial score (nSPS) is 13.7. The Kier molecular flexibility index (Phi) is 5.33. The fourth-order valence-electron chi connectivity index (χ4n) is 3.06. The molecule has 1 aliphatic carbocycles. The number of amides is 1. The number of fused-ring (bicyclic) bond motifs is 1. The first-order valence-corrected chi connectivity index (χ1v) is 11.1. The number of H-pyrrole nitrogens is 1. The summed E-state index contributed by atoms with van der Waals surface area (Å²) in [7, 11) is -3.52. The van der Waals surface area contributed by atoms with Gasteiger partial charge in [-0.2, -0.15) is 10.2 Å². The van der Waals surface area contributed by atoms with Gasteiger partial charge in [0.2, 0.25) is 22.4 Å². The quantitative estimate of drug-likeness (QED) is 0.395. The maximum absolute atomic E-state index is 12.1. The van der Waals surface area contributed by atoms with Crippen LogP contribution >= 0.6 is 0 Å². The zero-order chi connectivity index (χ0) is 21.1. The Morgan fingerprint density at radius 2 is 2.03 bits per heavy atom. The molecule has 0 spiro atoms. The number of sulfonamides is 1. The number of aromatic nitrogens is 4. The van der Waals surface area contributed by atoms with Gasteiger partial charge >= 0.3 is 0 Å². The van der Waals surface area contributed by atoms with E-state index in [1.54, 1.807) is 24.3 Å². The maximum Gasteiger partial charge on any atom is 0.234 e. The second-order valence-electron chi connectivity index (χ2n) is 6.98. The summed E-state index contributed by atoms with van der Waals surface area (Å²) in [5, 5.41) is 8.55. The van der Waals surface area contributed by atoms with Gasteiger partial charge in [0.15, 0.2) is 5.65 Å². The van der Waals surface area contributed by atoms with Gasteiger partial charge in [0.05, 0.1) is 18.1 Å². The van der Waals surface area contributed by atoms with Crippen LogP contribution in [0.3, 0.4) is 0 Å². The number of nitrogens with zero attached hydrogens (tertiary/aromatic N) is 5. The van der Waals surface area contributed by atoms with E-state index in [4.69, 9.17) is 5.26 Å². The Labute approximate surface area is 173 Å². The molecular formula is C19H19N7O3S. The van der Waals surface area contributed by atoms with Gasteiger partial charge in [-0.1, -0.05) is 12.1 Å². The second-order valence-corrected chi connectivity index (χ2v) is 8.82. The summed E-state index contributed by atoms with van der Waals surface area (Å²) >= 11 is 0. The van der Waals surface area contributed by atoms with Crippen LogP contribution in [0.5, 0.6) is 0 Å². The molecule has 1 fully saturated rings. The number of hydrogen-bond donors (Lipinski definition) is 2. The van der Waals surface area contributed by atoms with E-state index in [1.807, 2.05) is 6.07 Å². The topological polar surface area (TPSA) is 145 Å². The van der Waals surface area contributed by atoms with Crippen molar-refractivity contribution in [3.05, 3.63) is 30.6 Å². The molecule has 2 aromatic heterocycles. The monoisotopic (exact) mass is 425 g/mol. The minimum absolute atomic E-state index is 0.115. The van der Waals surface area contributed by atoms with Gasteiger partial charge in [-0.15, -0.1) is 0 Å². The molecule has 2 N–H and O–H groups in total. The zero-order valence-electron chi connectivity index (χ0n) is 15.9. The lowest BCUT2D eigenvalue weighted by Crippen LogP contribution is -2.25. The van der Waals surface area contributed by atoms with Gasteiger partial charge in [0, 0.05) is 23.7 Å². The molecule has 10 nitrogen and oxygen atoms in total. The number of carbonyl (C=O) groups excluding carboxylic acids is 1. The standard InChI is InChI=1S/C19H19N7O3S/c20-9-1-2-10-30(28,29)25-14-5-3-13(4-6-14)16-17-18(22-11-21-17)24-19(23-16)26(12-27)15-7-8-15/h3-6,11-12,15,25H,1-2,7-8,10H2,(H,21,22,23,24). The highest BCUT2D eigenvalue weighted by Gasteiger charge is 2.31. The van der Waals surface area contributed by atoms with E-state index in [0.29, 0.717) is 28.5 Å². The second kappa shape index (κ2) is 8.08. The van der Waals surface area contributed by atoms with E-state index in [2.05, 4.69) is 24.7 Å². The Morgan fingerprint density at radius 1 is 1.27 bits per heavy atom. The third-order valence-corrected chi connectivity index (χ3v) is 6.06. The van der Waals surface area contributed by atoms with Crippen molar-refractivity contribution in [1.29, 1.82) is 5.26 Å². The van der Waals surface area contributed by atoms with Crippen molar-refractivity contribution in [3.63, 3.8) is 0 Å². The van der Waals surface area contributed by atoms with E-state index in [0.717, 1.165) is 24.8 Å². The summed E-state index contributed by atoms with van der Waals surface area (Å²) in [5.74, 6) is 0.180. The van der Waals surface area contributed by atoms with E-state index < -0.39 is 10.0 Å². The Bertz CT molecular complexity index is 1210. The van der Waals surface area contributed by atoms with Crippen molar-refractivity contribution >= 4 is 39.2 Å². The molecule has 2 heterocycles. The van der Waals surface area contributed by atoms with Gasteiger partial charge in [-0.25, -0.2) is 18.4 Å². The molecule has 1 amide bonds. The highest BCUT2D eigenvalue weighted by Crippen LogP contribution is 2.32. The minimum atomic E-state index is -3.52. The summed E-state index contributed by atoms with van der Waals surface area (Å²) in [5.41, 5.74) is 2.79. The van der Waals surface area contributed by atoms with E-state index >= 15 is 0 Å². The molecule has 0 bridgehead atoms. The lowest BCUT2D eigenvalue weighted by molar-refractivity contribution is -0.107. The van der Waals surface area contributed by atoms with Gasteiger partial charge in [-0.05, 0) is 31.4 Å². The zero-order valence-corrected chi connectivity index (χ0v) is 16.8. The summed E-state index contributed by atoms with van der Waals surface area (Å²) in [6.07, 6.45) is 4.55. The molecule has 1 aliphatic rings. The lowest BCUT2D eigenvalue weighted by Gasteiger charge is -2.15. The van der Waals surface area contributed by atoms with Crippen LogP contribution in [0.1, 0.15) is 25.7 Å². The number of carbonyl (C=O) groups is 1. The molecule has 0 unspecified atom stereocenters. The highest BCUT2D eigenvalue weighted by atomic mass is 32.2.